The summed E-state index contributed by atoms with van der Waals surface area (Å²) >= 11 is 0. The largest absolute Gasteiger partial charge is 0.334 e. The Hall–Kier alpha value is -1.57. The monoisotopic (exact) mass is 284 g/mol. The molecule has 114 valence electrons. The second kappa shape index (κ2) is 8.66. The Kier molecular flexibility index (Phi) is 6.52. The molecule has 2 unspecified atom stereocenters. The summed E-state index contributed by atoms with van der Waals surface area (Å²) in [5.74, 6) is 0.628. The maximum absolute atomic E-state index is 4.24. The van der Waals surface area contributed by atoms with Crippen LogP contribution in [0, 0.1) is 5.92 Å². The second-order valence-corrected chi connectivity index (χ2v) is 6.09. The summed E-state index contributed by atoms with van der Waals surface area (Å²) in [4.78, 5) is 4.24. The normalized spacial score (nSPS) is 14.0. The molecule has 0 radical (unpaired) electrons. The van der Waals surface area contributed by atoms with E-state index < -0.39 is 0 Å². The van der Waals surface area contributed by atoms with Gasteiger partial charge in [0.1, 0.15) is 0 Å². The van der Waals surface area contributed by atoms with Crippen LogP contribution in [0.3, 0.4) is 0 Å². The number of aromatic nitrogens is 2. The smallest absolute Gasteiger partial charge is 0.0948 e. The summed E-state index contributed by atoms with van der Waals surface area (Å²) in [6.45, 7) is 4.64. The van der Waals surface area contributed by atoms with Crippen LogP contribution < -0.4 is 0 Å². The number of unbranched alkanes of at least 4 members (excludes halogenated alkanes) is 3. The van der Waals surface area contributed by atoms with Gasteiger partial charge in [-0.25, -0.2) is 4.98 Å². The van der Waals surface area contributed by atoms with Gasteiger partial charge in [-0.05, 0) is 24.3 Å². The van der Waals surface area contributed by atoms with E-state index in [1.807, 2.05) is 12.5 Å². The molecule has 0 spiro atoms. The number of hydrogen-bond donors (Lipinski definition) is 0. The molecule has 2 nitrogen and oxygen atoms in total. The van der Waals surface area contributed by atoms with Crippen molar-refractivity contribution in [1.29, 1.82) is 0 Å². The summed E-state index contributed by atoms with van der Waals surface area (Å²) in [6, 6.07) is 11.4. The Morgan fingerprint density at radius 2 is 1.90 bits per heavy atom. The zero-order valence-corrected chi connectivity index (χ0v) is 13.4. The van der Waals surface area contributed by atoms with E-state index in [9.17, 15) is 0 Å². The highest BCUT2D eigenvalue weighted by Crippen LogP contribution is 2.27. The highest BCUT2D eigenvalue weighted by atomic mass is 15.1. The zero-order chi connectivity index (χ0) is 14.9. The molecule has 0 bridgehead atoms. The topological polar surface area (TPSA) is 17.8 Å². The van der Waals surface area contributed by atoms with Crippen molar-refractivity contribution in [3.05, 3.63) is 54.6 Å². The molecule has 2 atom stereocenters. The average Bonchev–Trinajstić information content (AvgIpc) is 3.02. The standard InChI is InChI=1S/C19H28N2/c1-3-4-5-9-12-19(21-14-13-20-16-21)17(2)15-18-10-7-6-8-11-18/h6-8,10-11,13-14,16-17,19H,3-5,9,12,15H2,1-2H3. The van der Waals surface area contributed by atoms with Crippen LogP contribution in [0.5, 0.6) is 0 Å². The Morgan fingerprint density at radius 1 is 1.10 bits per heavy atom. The first-order chi connectivity index (χ1) is 10.3. The molecule has 2 heteroatoms. The summed E-state index contributed by atoms with van der Waals surface area (Å²) in [7, 11) is 0. The van der Waals surface area contributed by atoms with Crippen LogP contribution >= 0.6 is 0 Å². The van der Waals surface area contributed by atoms with Crippen molar-refractivity contribution < 1.29 is 0 Å². The molecule has 1 aromatic heterocycles. The van der Waals surface area contributed by atoms with Gasteiger partial charge in [-0.15, -0.1) is 0 Å². The molecule has 2 aromatic rings. The molecule has 21 heavy (non-hydrogen) atoms. The number of benzene rings is 1. The SMILES string of the molecule is CCCCCCC(C(C)Cc1ccccc1)n1ccnc1. The lowest BCUT2D eigenvalue weighted by Gasteiger charge is -2.25. The molecule has 0 fully saturated rings. The van der Waals surface area contributed by atoms with Gasteiger partial charge in [0, 0.05) is 18.4 Å². The highest BCUT2D eigenvalue weighted by molar-refractivity contribution is 5.15. The summed E-state index contributed by atoms with van der Waals surface area (Å²) in [5, 5.41) is 0. The molecule has 0 saturated carbocycles. The van der Waals surface area contributed by atoms with Crippen LogP contribution in [0.15, 0.2) is 49.1 Å². The number of imidazole rings is 1. The van der Waals surface area contributed by atoms with Crippen LogP contribution in [-0.4, -0.2) is 9.55 Å². The molecule has 2 rings (SSSR count). The fourth-order valence-corrected chi connectivity index (χ4v) is 3.10. The maximum Gasteiger partial charge on any atom is 0.0948 e. The van der Waals surface area contributed by atoms with Crippen molar-refractivity contribution in [1.82, 2.24) is 9.55 Å². The van der Waals surface area contributed by atoms with E-state index in [1.54, 1.807) is 0 Å². The van der Waals surface area contributed by atoms with Crippen molar-refractivity contribution >= 4 is 0 Å². The minimum Gasteiger partial charge on any atom is -0.334 e. The molecule has 0 N–H and O–H groups in total. The van der Waals surface area contributed by atoms with Gasteiger partial charge in [0.05, 0.1) is 6.33 Å². The average molecular weight is 284 g/mol. The van der Waals surface area contributed by atoms with Gasteiger partial charge in [0.25, 0.3) is 0 Å². The van der Waals surface area contributed by atoms with Crippen molar-refractivity contribution in [2.75, 3.05) is 0 Å². The Bertz CT molecular complexity index is 476. The Labute approximate surface area is 129 Å². The zero-order valence-electron chi connectivity index (χ0n) is 13.4. The van der Waals surface area contributed by atoms with Crippen molar-refractivity contribution in [2.24, 2.45) is 5.92 Å². The summed E-state index contributed by atoms with van der Waals surface area (Å²) in [6.07, 6.45) is 13.7. The first-order valence-corrected chi connectivity index (χ1v) is 8.32. The Morgan fingerprint density at radius 3 is 2.57 bits per heavy atom. The van der Waals surface area contributed by atoms with Gasteiger partial charge in [0.15, 0.2) is 0 Å². The van der Waals surface area contributed by atoms with Crippen LogP contribution in [0.1, 0.15) is 57.6 Å². The van der Waals surface area contributed by atoms with Crippen LogP contribution in [0.4, 0.5) is 0 Å². The van der Waals surface area contributed by atoms with E-state index in [0.29, 0.717) is 12.0 Å². The van der Waals surface area contributed by atoms with Gasteiger partial charge in [-0.1, -0.05) is 69.9 Å². The molecule has 1 aromatic carbocycles. The molecule has 0 aliphatic rings. The van der Waals surface area contributed by atoms with Crippen LogP contribution in [-0.2, 0) is 6.42 Å². The lowest BCUT2D eigenvalue weighted by Crippen LogP contribution is -2.18. The van der Waals surface area contributed by atoms with E-state index >= 15 is 0 Å². The highest BCUT2D eigenvalue weighted by Gasteiger charge is 2.18. The first-order valence-electron chi connectivity index (χ1n) is 8.32. The van der Waals surface area contributed by atoms with E-state index in [4.69, 9.17) is 0 Å². The molecule has 1 heterocycles. The third kappa shape index (κ3) is 5.04. The number of rotatable bonds is 9. The first kappa shape index (κ1) is 15.8. The molecule has 0 aliphatic carbocycles. The van der Waals surface area contributed by atoms with Crippen molar-refractivity contribution in [3.63, 3.8) is 0 Å². The molecular formula is C19H28N2. The van der Waals surface area contributed by atoms with Crippen molar-refractivity contribution in [2.45, 2.75) is 58.4 Å². The number of hydrogen-bond acceptors (Lipinski definition) is 1. The lowest BCUT2D eigenvalue weighted by molar-refractivity contribution is 0.318. The lowest BCUT2D eigenvalue weighted by atomic mass is 9.90. The summed E-state index contributed by atoms with van der Waals surface area (Å²) < 4.78 is 2.31. The van der Waals surface area contributed by atoms with Gasteiger partial charge < -0.3 is 4.57 Å². The molecule has 0 aliphatic heterocycles. The van der Waals surface area contributed by atoms with E-state index in [-0.39, 0.29) is 0 Å². The minimum atomic E-state index is 0.560. The van der Waals surface area contributed by atoms with Crippen molar-refractivity contribution in [3.8, 4) is 0 Å². The Balaban J connectivity index is 1.97. The third-order valence-electron chi connectivity index (χ3n) is 4.32. The predicted octanol–water partition coefficient (Wildman–Crippen LogP) is 5.27. The van der Waals surface area contributed by atoms with Gasteiger partial charge in [-0.3, -0.25) is 0 Å². The number of nitrogens with zero attached hydrogens (tertiary/aromatic N) is 2. The molecule has 0 amide bonds. The fraction of sp³-hybridized carbons (Fsp3) is 0.526. The molecule has 0 saturated heterocycles. The van der Waals surface area contributed by atoms with Crippen LogP contribution in [0.2, 0.25) is 0 Å². The minimum absolute atomic E-state index is 0.560. The summed E-state index contributed by atoms with van der Waals surface area (Å²) in [5.41, 5.74) is 1.43. The second-order valence-electron chi connectivity index (χ2n) is 6.09. The predicted molar refractivity (Wildman–Crippen MR) is 89.3 cm³/mol. The van der Waals surface area contributed by atoms with E-state index in [1.165, 1.54) is 37.7 Å². The van der Waals surface area contributed by atoms with Gasteiger partial charge >= 0.3 is 0 Å². The quantitative estimate of drug-likeness (QED) is 0.573. The maximum atomic E-state index is 4.24. The van der Waals surface area contributed by atoms with Crippen LogP contribution in [0.25, 0.3) is 0 Å². The third-order valence-corrected chi connectivity index (χ3v) is 4.32. The van der Waals surface area contributed by atoms with E-state index in [0.717, 1.165) is 6.42 Å². The molecular weight excluding hydrogens is 256 g/mol. The fourth-order valence-electron chi connectivity index (χ4n) is 3.10. The van der Waals surface area contributed by atoms with Gasteiger partial charge in [0.2, 0.25) is 0 Å². The van der Waals surface area contributed by atoms with Gasteiger partial charge in [-0.2, -0.15) is 0 Å². The van der Waals surface area contributed by atoms with E-state index in [2.05, 4.69) is 59.9 Å².